The fourth-order valence-electron chi connectivity index (χ4n) is 2.45. The van der Waals surface area contributed by atoms with E-state index in [1.54, 1.807) is 0 Å². The van der Waals surface area contributed by atoms with Gasteiger partial charge in [0, 0.05) is 12.1 Å². The second kappa shape index (κ2) is 3.35. The second-order valence-corrected chi connectivity index (χ2v) is 4.11. The van der Waals surface area contributed by atoms with Crippen LogP contribution < -0.4 is 5.32 Å². The molecule has 0 aromatic heterocycles. The maximum Gasteiger partial charge on any atom is 0.0576 e. The first-order chi connectivity index (χ1) is 5.85. The minimum atomic E-state index is 0.549. The Kier molecular flexibility index (Phi) is 2.37. The monoisotopic (exact) mass is 169 g/mol. The van der Waals surface area contributed by atoms with Crippen molar-refractivity contribution in [3.8, 4) is 0 Å². The predicted molar refractivity (Wildman–Crippen MR) is 49.2 cm³/mol. The Balaban J connectivity index is 1.77. The molecule has 1 aliphatic heterocycles. The molecule has 1 saturated carbocycles. The van der Waals surface area contributed by atoms with E-state index in [1.807, 2.05) is 0 Å². The highest BCUT2D eigenvalue weighted by Gasteiger charge is 2.39. The van der Waals surface area contributed by atoms with Gasteiger partial charge in [-0.15, -0.1) is 0 Å². The Bertz CT molecular complexity index is 144. The quantitative estimate of drug-likeness (QED) is 0.679. The van der Waals surface area contributed by atoms with Crippen molar-refractivity contribution in [2.45, 2.75) is 50.7 Å². The van der Waals surface area contributed by atoms with E-state index in [-0.39, 0.29) is 0 Å². The van der Waals surface area contributed by atoms with Gasteiger partial charge in [0.15, 0.2) is 0 Å². The number of nitrogens with one attached hydrogen (secondary N) is 1. The molecule has 1 spiro atoms. The average Bonchev–Trinajstić information content (AvgIpc) is 2.04. The highest BCUT2D eigenvalue weighted by atomic mass is 16.5. The Morgan fingerprint density at radius 3 is 2.42 bits per heavy atom. The zero-order valence-corrected chi connectivity index (χ0v) is 7.94. The summed E-state index contributed by atoms with van der Waals surface area (Å²) in [6, 6.07) is 0. The number of rotatable bonds is 2. The van der Waals surface area contributed by atoms with Crippen LogP contribution in [0.4, 0.5) is 0 Å². The molecule has 2 heteroatoms. The van der Waals surface area contributed by atoms with Crippen LogP contribution in [0.3, 0.4) is 0 Å². The Hall–Kier alpha value is -0.0800. The zero-order valence-electron chi connectivity index (χ0n) is 7.94. The summed E-state index contributed by atoms with van der Waals surface area (Å²) in [5.74, 6) is 0. The van der Waals surface area contributed by atoms with Crippen molar-refractivity contribution < 1.29 is 4.74 Å². The predicted octanol–water partition coefficient (Wildman–Crippen LogP) is 1.70. The summed E-state index contributed by atoms with van der Waals surface area (Å²) >= 11 is 0. The first-order valence-corrected chi connectivity index (χ1v) is 5.21. The maximum absolute atomic E-state index is 5.62. The van der Waals surface area contributed by atoms with Gasteiger partial charge >= 0.3 is 0 Å². The summed E-state index contributed by atoms with van der Waals surface area (Å²) in [4.78, 5) is 0. The van der Waals surface area contributed by atoms with E-state index < -0.39 is 0 Å². The van der Waals surface area contributed by atoms with E-state index in [9.17, 15) is 0 Å². The van der Waals surface area contributed by atoms with Crippen molar-refractivity contribution in [1.29, 1.82) is 0 Å². The van der Waals surface area contributed by atoms with Crippen molar-refractivity contribution in [2.75, 3.05) is 13.2 Å². The van der Waals surface area contributed by atoms with Crippen LogP contribution in [0.25, 0.3) is 0 Å². The van der Waals surface area contributed by atoms with E-state index in [4.69, 9.17) is 4.74 Å². The third kappa shape index (κ3) is 1.50. The lowest BCUT2D eigenvalue weighted by molar-refractivity contribution is -0.0000733. The Labute approximate surface area is 74.7 Å². The summed E-state index contributed by atoms with van der Waals surface area (Å²) < 4.78 is 5.62. The highest BCUT2D eigenvalue weighted by Crippen LogP contribution is 2.36. The molecule has 2 aliphatic rings. The molecule has 0 unspecified atom stereocenters. The molecule has 2 nitrogen and oxygen atoms in total. The molecule has 1 saturated heterocycles. The zero-order chi connectivity index (χ0) is 8.44. The van der Waals surface area contributed by atoms with Gasteiger partial charge < -0.3 is 10.1 Å². The van der Waals surface area contributed by atoms with Crippen molar-refractivity contribution >= 4 is 0 Å². The summed E-state index contributed by atoms with van der Waals surface area (Å²) in [5, 5.41) is 3.57. The van der Waals surface area contributed by atoms with Gasteiger partial charge in [-0.3, -0.25) is 0 Å². The molecular weight excluding hydrogens is 150 g/mol. The van der Waals surface area contributed by atoms with Gasteiger partial charge in [-0.05, 0) is 45.6 Å². The van der Waals surface area contributed by atoms with Gasteiger partial charge in [-0.2, -0.15) is 0 Å². The van der Waals surface area contributed by atoms with Crippen LogP contribution >= 0.6 is 0 Å². The van der Waals surface area contributed by atoms with E-state index in [1.165, 1.54) is 38.6 Å². The largest absolute Gasteiger partial charge is 0.379 e. The lowest BCUT2D eigenvalue weighted by atomic mass is 9.74. The molecule has 1 N–H and O–H groups in total. The van der Waals surface area contributed by atoms with Gasteiger partial charge in [-0.1, -0.05) is 0 Å². The standard InChI is InChI=1S/C10H19NO/c1-2-12-9-3-5-10(6-4-9)7-8-11-10/h9,11H,2-8H2,1H3. The second-order valence-electron chi connectivity index (χ2n) is 4.11. The SMILES string of the molecule is CCOC1CCC2(CCN2)CC1. The van der Waals surface area contributed by atoms with Crippen LogP contribution in [-0.4, -0.2) is 24.8 Å². The van der Waals surface area contributed by atoms with Gasteiger partial charge in [-0.25, -0.2) is 0 Å². The fraction of sp³-hybridized carbons (Fsp3) is 1.00. The highest BCUT2D eigenvalue weighted by molar-refractivity contribution is 4.99. The van der Waals surface area contributed by atoms with Crippen LogP contribution in [0.15, 0.2) is 0 Å². The fourth-order valence-corrected chi connectivity index (χ4v) is 2.45. The van der Waals surface area contributed by atoms with E-state index in [0.717, 1.165) is 6.61 Å². The molecule has 2 rings (SSSR count). The van der Waals surface area contributed by atoms with Gasteiger partial charge in [0.25, 0.3) is 0 Å². The number of hydrogen-bond acceptors (Lipinski definition) is 2. The third-order valence-electron chi connectivity index (χ3n) is 3.40. The molecular formula is C10H19NO. The minimum absolute atomic E-state index is 0.549. The van der Waals surface area contributed by atoms with E-state index in [0.29, 0.717) is 11.6 Å². The topological polar surface area (TPSA) is 21.3 Å². The summed E-state index contributed by atoms with van der Waals surface area (Å²) in [6.07, 6.45) is 7.14. The summed E-state index contributed by atoms with van der Waals surface area (Å²) in [5.41, 5.74) is 0.549. The van der Waals surface area contributed by atoms with Crippen LogP contribution in [0.1, 0.15) is 39.0 Å². The normalized spacial score (nSPS) is 41.2. The van der Waals surface area contributed by atoms with Crippen molar-refractivity contribution in [2.24, 2.45) is 0 Å². The lowest BCUT2D eigenvalue weighted by Gasteiger charge is -2.47. The molecule has 70 valence electrons. The number of hydrogen-bond donors (Lipinski definition) is 1. The van der Waals surface area contributed by atoms with Crippen LogP contribution in [0.2, 0.25) is 0 Å². The summed E-state index contributed by atoms with van der Waals surface area (Å²) in [7, 11) is 0. The van der Waals surface area contributed by atoms with E-state index >= 15 is 0 Å². The molecule has 0 radical (unpaired) electrons. The maximum atomic E-state index is 5.62. The van der Waals surface area contributed by atoms with Crippen molar-refractivity contribution in [1.82, 2.24) is 5.32 Å². The molecule has 0 amide bonds. The van der Waals surface area contributed by atoms with E-state index in [2.05, 4.69) is 12.2 Å². The minimum Gasteiger partial charge on any atom is -0.379 e. The average molecular weight is 169 g/mol. The Morgan fingerprint density at radius 2 is 2.00 bits per heavy atom. The smallest absolute Gasteiger partial charge is 0.0576 e. The first-order valence-electron chi connectivity index (χ1n) is 5.21. The third-order valence-corrected chi connectivity index (χ3v) is 3.40. The van der Waals surface area contributed by atoms with Gasteiger partial charge in [0.1, 0.15) is 0 Å². The lowest BCUT2D eigenvalue weighted by Crippen LogP contribution is -2.59. The molecule has 0 aromatic rings. The molecule has 0 bridgehead atoms. The molecule has 1 aliphatic carbocycles. The van der Waals surface area contributed by atoms with Crippen LogP contribution in [0, 0.1) is 0 Å². The van der Waals surface area contributed by atoms with Gasteiger partial charge in [0.2, 0.25) is 0 Å². The molecule has 0 atom stereocenters. The van der Waals surface area contributed by atoms with Crippen LogP contribution in [-0.2, 0) is 4.74 Å². The van der Waals surface area contributed by atoms with Crippen LogP contribution in [0.5, 0.6) is 0 Å². The van der Waals surface area contributed by atoms with Crippen molar-refractivity contribution in [3.63, 3.8) is 0 Å². The van der Waals surface area contributed by atoms with Gasteiger partial charge in [0.05, 0.1) is 6.10 Å². The molecule has 0 aromatic carbocycles. The number of ether oxygens (including phenoxy) is 1. The molecule has 2 fully saturated rings. The summed E-state index contributed by atoms with van der Waals surface area (Å²) in [6.45, 7) is 4.20. The molecule has 12 heavy (non-hydrogen) atoms. The van der Waals surface area contributed by atoms with Crippen molar-refractivity contribution in [3.05, 3.63) is 0 Å². The first kappa shape index (κ1) is 8.52. The molecule has 1 heterocycles. The Morgan fingerprint density at radius 1 is 1.33 bits per heavy atom.